The van der Waals surface area contributed by atoms with Gasteiger partial charge in [-0.25, -0.2) is 8.42 Å². The molecule has 1 atom stereocenters. The summed E-state index contributed by atoms with van der Waals surface area (Å²) in [5, 5.41) is 2.04. The Morgan fingerprint density at radius 2 is 2.00 bits per heavy atom. The van der Waals surface area contributed by atoms with E-state index in [1.165, 1.54) is 29.6 Å². The van der Waals surface area contributed by atoms with E-state index in [2.05, 4.69) is 15.9 Å². The Hall–Kier alpha value is -1.22. The van der Waals surface area contributed by atoms with Crippen LogP contribution in [0.1, 0.15) is 23.4 Å². The molecule has 134 valence electrons. The zero-order valence-electron chi connectivity index (χ0n) is 14.0. The van der Waals surface area contributed by atoms with E-state index in [1.54, 1.807) is 28.4 Å². The highest BCUT2D eigenvalue weighted by Crippen LogP contribution is 2.33. The van der Waals surface area contributed by atoms with Crippen LogP contribution in [0.4, 0.5) is 0 Å². The van der Waals surface area contributed by atoms with Gasteiger partial charge in [0.05, 0.1) is 17.5 Å². The van der Waals surface area contributed by atoms with Crippen molar-refractivity contribution >= 4 is 43.2 Å². The zero-order chi connectivity index (χ0) is 18.2. The lowest BCUT2D eigenvalue weighted by atomic mass is 10.0. The fourth-order valence-corrected chi connectivity index (χ4v) is 5.35. The Bertz CT molecular complexity index is 878. The molecule has 0 saturated heterocycles. The molecular weight excluding hydrogens is 424 g/mol. The summed E-state index contributed by atoms with van der Waals surface area (Å²) >= 11 is 5.00. The molecule has 0 N–H and O–H groups in total. The average molecular weight is 443 g/mol. The van der Waals surface area contributed by atoms with Crippen LogP contribution < -0.4 is 0 Å². The van der Waals surface area contributed by atoms with Crippen LogP contribution in [0.15, 0.2) is 45.1 Å². The lowest BCUT2D eigenvalue weighted by molar-refractivity contribution is -0.133. The van der Waals surface area contributed by atoms with Crippen molar-refractivity contribution in [3.05, 3.63) is 50.6 Å². The summed E-state index contributed by atoms with van der Waals surface area (Å²) in [5.41, 5.74) is 1.17. The number of carbonyl (C=O) groups is 1. The van der Waals surface area contributed by atoms with E-state index in [0.717, 1.165) is 15.2 Å². The predicted molar refractivity (Wildman–Crippen MR) is 102 cm³/mol. The number of thiophene rings is 1. The highest BCUT2D eigenvalue weighted by atomic mass is 79.9. The van der Waals surface area contributed by atoms with Crippen molar-refractivity contribution in [2.75, 3.05) is 20.1 Å². The smallest absolute Gasteiger partial charge is 0.243 e. The second kappa shape index (κ2) is 7.19. The van der Waals surface area contributed by atoms with Gasteiger partial charge in [0.25, 0.3) is 0 Å². The predicted octanol–water partition coefficient (Wildman–Crippen LogP) is 3.28. The molecule has 1 unspecified atom stereocenters. The van der Waals surface area contributed by atoms with Crippen LogP contribution >= 0.6 is 27.3 Å². The van der Waals surface area contributed by atoms with Crippen LogP contribution in [-0.2, 0) is 21.2 Å². The molecule has 0 bridgehead atoms. The first-order valence-corrected chi connectivity index (χ1v) is 11.0. The molecule has 0 radical (unpaired) electrons. The third-order valence-corrected chi connectivity index (χ3v) is 7.82. The Labute approximate surface area is 160 Å². The van der Waals surface area contributed by atoms with Crippen LogP contribution in [0.3, 0.4) is 0 Å². The number of hydrogen-bond donors (Lipinski definition) is 0. The third-order valence-electron chi connectivity index (χ3n) is 4.48. The van der Waals surface area contributed by atoms with Gasteiger partial charge in [0.15, 0.2) is 0 Å². The third kappa shape index (κ3) is 3.67. The lowest BCUT2D eigenvalue weighted by Gasteiger charge is -2.34. The molecule has 0 fully saturated rings. The summed E-state index contributed by atoms with van der Waals surface area (Å²) in [6.07, 6.45) is 0.826. The molecule has 1 amide bonds. The fraction of sp³-hybridized carbons (Fsp3) is 0.353. The van der Waals surface area contributed by atoms with Crippen molar-refractivity contribution in [2.45, 2.75) is 24.3 Å². The first kappa shape index (κ1) is 18.6. The largest absolute Gasteiger partial charge is 0.334 e. The summed E-state index contributed by atoms with van der Waals surface area (Å²) in [6, 6.07) is 8.43. The van der Waals surface area contributed by atoms with Gasteiger partial charge in [-0.3, -0.25) is 4.79 Å². The van der Waals surface area contributed by atoms with Crippen LogP contribution in [0.25, 0.3) is 0 Å². The molecule has 2 heterocycles. The van der Waals surface area contributed by atoms with Gasteiger partial charge in [-0.1, -0.05) is 15.9 Å². The number of hydrogen-bond acceptors (Lipinski definition) is 4. The van der Waals surface area contributed by atoms with Crippen molar-refractivity contribution in [2.24, 2.45) is 0 Å². The summed E-state index contributed by atoms with van der Waals surface area (Å²) < 4.78 is 27.2. The minimum atomic E-state index is -3.69. The molecule has 1 aromatic carbocycles. The molecule has 1 aliphatic rings. The first-order valence-electron chi connectivity index (χ1n) is 7.88. The monoisotopic (exact) mass is 442 g/mol. The van der Waals surface area contributed by atoms with E-state index in [0.29, 0.717) is 6.54 Å². The van der Waals surface area contributed by atoms with Gasteiger partial charge in [0, 0.05) is 22.9 Å². The molecule has 3 rings (SSSR count). The highest BCUT2D eigenvalue weighted by Gasteiger charge is 2.31. The number of carbonyl (C=O) groups excluding carboxylic acids is 1. The second-order valence-corrected chi connectivity index (χ2v) is 9.99. The number of halogens is 1. The standard InChI is InChI=1S/C17H19BrN2O3S2/c1-12-15-8-10-24-16(15)7-9-20(12)17(21)11-19(2)25(22,23)14-5-3-13(18)4-6-14/h3-6,8,10,12H,7,9,11H2,1-2H3. The number of sulfonamides is 1. The number of likely N-dealkylation sites (N-methyl/N-ethyl adjacent to an activating group) is 1. The normalized spacial score (nSPS) is 17.6. The molecule has 1 aromatic heterocycles. The molecule has 25 heavy (non-hydrogen) atoms. The van der Waals surface area contributed by atoms with Crippen LogP contribution in [-0.4, -0.2) is 43.7 Å². The van der Waals surface area contributed by atoms with Gasteiger partial charge in [-0.15, -0.1) is 11.3 Å². The maximum Gasteiger partial charge on any atom is 0.243 e. The van der Waals surface area contributed by atoms with Crippen molar-refractivity contribution < 1.29 is 13.2 Å². The van der Waals surface area contributed by atoms with E-state index < -0.39 is 10.0 Å². The summed E-state index contributed by atoms with van der Waals surface area (Å²) in [7, 11) is -2.25. The van der Waals surface area contributed by atoms with Gasteiger partial charge < -0.3 is 4.90 Å². The minimum absolute atomic E-state index is 0.0220. The summed E-state index contributed by atoms with van der Waals surface area (Å²) in [5.74, 6) is -0.174. The lowest BCUT2D eigenvalue weighted by Crippen LogP contribution is -2.44. The van der Waals surface area contributed by atoms with Gasteiger partial charge in [-0.05, 0) is 54.6 Å². The first-order chi connectivity index (χ1) is 11.8. The average Bonchev–Trinajstić information content (AvgIpc) is 3.05. The summed E-state index contributed by atoms with van der Waals surface area (Å²) in [4.78, 5) is 16.0. The SMILES string of the molecule is CC1c2ccsc2CCN1C(=O)CN(C)S(=O)(=O)c1ccc(Br)cc1. The van der Waals surface area contributed by atoms with E-state index in [-0.39, 0.29) is 23.4 Å². The number of rotatable bonds is 4. The molecule has 0 spiro atoms. The van der Waals surface area contributed by atoms with Crippen molar-refractivity contribution in [3.63, 3.8) is 0 Å². The molecular formula is C17H19BrN2O3S2. The maximum absolute atomic E-state index is 12.7. The molecule has 0 saturated carbocycles. The Balaban J connectivity index is 1.73. The number of benzene rings is 1. The van der Waals surface area contributed by atoms with Gasteiger partial charge in [0.1, 0.15) is 0 Å². The topological polar surface area (TPSA) is 57.7 Å². The van der Waals surface area contributed by atoms with Crippen molar-refractivity contribution in [1.82, 2.24) is 9.21 Å². The van der Waals surface area contributed by atoms with E-state index in [1.807, 2.05) is 18.4 Å². The van der Waals surface area contributed by atoms with E-state index in [9.17, 15) is 13.2 Å². The van der Waals surface area contributed by atoms with Gasteiger partial charge in [0.2, 0.25) is 15.9 Å². The molecule has 8 heteroatoms. The van der Waals surface area contributed by atoms with Gasteiger partial charge >= 0.3 is 0 Å². The maximum atomic E-state index is 12.7. The second-order valence-electron chi connectivity index (χ2n) is 6.03. The highest BCUT2D eigenvalue weighted by molar-refractivity contribution is 9.10. The number of fused-ring (bicyclic) bond motifs is 1. The molecule has 0 aliphatic carbocycles. The molecule has 2 aromatic rings. The van der Waals surface area contributed by atoms with E-state index >= 15 is 0 Å². The summed E-state index contributed by atoms with van der Waals surface area (Å²) in [6.45, 7) is 2.45. The van der Waals surface area contributed by atoms with Crippen LogP contribution in [0, 0.1) is 0 Å². The fourth-order valence-electron chi connectivity index (χ4n) is 3.00. The number of amides is 1. The van der Waals surface area contributed by atoms with Crippen molar-refractivity contribution in [1.29, 1.82) is 0 Å². The molecule has 1 aliphatic heterocycles. The van der Waals surface area contributed by atoms with Crippen LogP contribution in [0.5, 0.6) is 0 Å². The number of nitrogens with zero attached hydrogens (tertiary/aromatic N) is 2. The Morgan fingerprint density at radius 1 is 1.32 bits per heavy atom. The van der Waals surface area contributed by atoms with Gasteiger partial charge in [-0.2, -0.15) is 4.31 Å². The Kier molecular flexibility index (Phi) is 5.34. The quantitative estimate of drug-likeness (QED) is 0.729. The molecule has 5 nitrogen and oxygen atoms in total. The minimum Gasteiger partial charge on any atom is -0.334 e. The Morgan fingerprint density at radius 3 is 2.68 bits per heavy atom. The zero-order valence-corrected chi connectivity index (χ0v) is 17.2. The van der Waals surface area contributed by atoms with E-state index in [4.69, 9.17) is 0 Å². The van der Waals surface area contributed by atoms with Crippen LogP contribution in [0.2, 0.25) is 0 Å². The van der Waals surface area contributed by atoms with Crippen molar-refractivity contribution in [3.8, 4) is 0 Å².